The molecule has 0 saturated heterocycles. The third-order valence-electron chi connectivity index (χ3n) is 2.94. The predicted molar refractivity (Wildman–Crippen MR) is 66.5 cm³/mol. The molecule has 4 heteroatoms. The first-order chi connectivity index (χ1) is 7.65. The van der Waals surface area contributed by atoms with Gasteiger partial charge in [-0.2, -0.15) is 0 Å². The van der Waals surface area contributed by atoms with Gasteiger partial charge in [-0.15, -0.1) is 11.8 Å². The maximum absolute atomic E-state index is 13.5. The van der Waals surface area contributed by atoms with E-state index in [0.717, 1.165) is 12.3 Å². The first-order valence-corrected chi connectivity index (χ1v) is 6.88. The van der Waals surface area contributed by atoms with E-state index in [2.05, 4.69) is 11.9 Å². The number of hydrogen-bond donors (Lipinski definition) is 0. The molecular formula is C12H15ClFNS. The Hall–Kier alpha value is -0.280. The molecule has 2 atom stereocenters. The lowest BCUT2D eigenvalue weighted by Gasteiger charge is -2.25. The summed E-state index contributed by atoms with van der Waals surface area (Å²) in [6.07, 6.45) is 6.38. The van der Waals surface area contributed by atoms with Crippen LogP contribution < -0.4 is 0 Å². The fourth-order valence-corrected chi connectivity index (χ4v) is 3.59. The highest BCUT2D eigenvalue weighted by molar-refractivity contribution is 7.99. The van der Waals surface area contributed by atoms with Gasteiger partial charge < -0.3 is 0 Å². The van der Waals surface area contributed by atoms with Crippen molar-refractivity contribution in [1.29, 1.82) is 0 Å². The molecule has 0 radical (unpaired) electrons. The third-order valence-corrected chi connectivity index (χ3v) is 4.43. The molecule has 0 N–H and O–H groups in total. The molecule has 0 bridgehead atoms. The Balaban J connectivity index is 2.02. The molecule has 1 heterocycles. The molecule has 1 aromatic rings. The second-order valence-electron chi connectivity index (χ2n) is 4.45. The summed E-state index contributed by atoms with van der Waals surface area (Å²) in [4.78, 5) is 4.05. The Morgan fingerprint density at radius 1 is 1.50 bits per heavy atom. The van der Waals surface area contributed by atoms with Gasteiger partial charge in [0.15, 0.2) is 5.82 Å². The number of hydrogen-bond acceptors (Lipinski definition) is 2. The third kappa shape index (κ3) is 3.11. The van der Waals surface area contributed by atoms with Gasteiger partial charge in [0, 0.05) is 11.4 Å². The van der Waals surface area contributed by atoms with Crippen LogP contribution in [0.4, 0.5) is 4.39 Å². The van der Waals surface area contributed by atoms with Crippen molar-refractivity contribution in [3.63, 3.8) is 0 Å². The van der Waals surface area contributed by atoms with Crippen LogP contribution in [0.25, 0.3) is 0 Å². The highest BCUT2D eigenvalue weighted by Crippen LogP contribution is 2.36. The summed E-state index contributed by atoms with van der Waals surface area (Å²) in [6.45, 7) is 2.26. The number of halogens is 2. The van der Waals surface area contributed by atoms with Crippen molar-refractivity contribution in [3.8, 4) is 0 Å². The smallest absolute Gasteiger partial charge is 0.156 e. The lowest BCUT2D eigenvalue weighted by molar-refractivity contribution is 0.393. The number of nitrogens with zero attached hydrogens (tertiary/aromatic N) is 1. The molecule has 1 aromatic heterocycles. The number of aromatic nitrogens is 1. The Bertz CT molecular complexity index is 372. The van der Waals surface area contributed by atoms with Crippen LogP contribution >= 0.6 is 23.4 Å². The molecule has 1 saturated carbocycles. The van der Waals surface area contributed by atoms with Gasteiger partial charge in [-0.1, -0.05) is 31.4 Å². The van der Waals surface area contributed by atoms with Crippen LogP contribution in [0.15, 0.2) is 17.3 Å². The van der Waals surface area contributed by atoms with Gasteiger partial charge in [0.1, 0.15) is 5.03 Å². The molecule has 88 valence electrons. The molecule has 16 heavy (non-hydrogen) atoms. The van der Waals surface area contributed by atoms with Gasteiger partial charge in [-0.3, -0.25) is 0 Å². The Morgan fingerprint density at radius 3 is 3.00 bits per heavy atom. The fraction of sp³-hybridized carbons (Fsp3) is 0.583. The summed E-state index contributed by atoms with van der Waals surface area (Å²) >= 11 is 7.23. The van der Waals surface area contributed by atoms with Gasteiger partial charge in [0.2, 0.25) is 0 Å². The zero-order valence-electron chi connectivity index (χ0n) is 9.25. The Morgan fingerprint density at radius 2 is 2.31 bits per heavy atom. The van der Waals surface area contributed by atoms with E-state index in [9.17, 15) is 4.39 Å². The first kappa shape index (κ1) is 12.2. The highest BCUT2D eigenvalue weighted by atomic mass is 35.5. The number of rotatable bonds is 2. The largest absolute Gasteiger partial charge is 0.245 e. The lowest BCUT2D eigenvalue weighted by Crippen LogP contribution is -2.15. The lowest BCUT2D eigenvalue weighted by atomic mass is 9.91. The van der Waals surface area contributed by atoms with Crippen molar-refractivity contribution < 1.29 is 4.39 Å². The van der Waals surface area contributed by atoms with E-state index in [1.807, 2.05) is 0 Å². The molecule has 0 aliphatic heterocycles. The molecular weight excluding hydrogens is 245 g/mol. The summed E-state index contributed by atoms with van der Waals surface area (Å²) < 4.78 is 13.5. The molecule has 2 rings (SSSR count). The van der Waals surface area contributed by atoms with E-state index in [4.69, 9.17) is 11.6 Å². The minimum absolute atomic E-state index is 0.296. The topological polar surface area (TPSA) is 12.9 Å². The van der Waals surface area contributed by atoms with Crippen molar-refractivity contribution in [2.75, 3.05) is 0 Å². The average Bonchev–Trinajstić information content (AvgIpc) is 2.22. The van der Waals surface area contributed by atoms with E-state index < -0.39 is 0 Å². The first-order valence-electron chi connectivity index (χ1n) is 5.63. The van der Waals surface area contributed by atoms with Crippen LogP contribution in [-0.2, 0) is 0 Å². The van der Waals surface area contributed by atoms with Crippen LogP contribution in [0.3, 0.4) is 0 Å². The highest BCUT2D eigenvalue weighted by Gasteiger charge is 2.21. The van der Waals surface area contributed by atoms with Gasteiger partial charge in [0.05, 0.1) is 5.02 Å². The standard InChI is InChI=1S/C12H15ClFNS/c1-8-3-2-4-10(5-8)16-12-11(14)6-9(13)7-15-12/h6-8,10H,2-5H2,1H3. The zero-order valence-corrected chi connectivity index (χ0v) is 10.8. The monoisotopic (exact) mass is 259 g/mol. The molecule has 1 aliphatic rings. The van der Waals surface area contributed by atoms with Crippen LogP contribution in [0.1, 0.15) is 32.6 Å². The SMILES string of the molecule is CC1CCCC(Sc2ncc(Cl)cc2F)C1. The number of thioether (sulfide) groups is 1. The fourth-order valence-electron chi connectivity index (χ4n) is 2.13. The van der Waals surface area contributed by atoms with Gasteiger partial charge in [-0.05, 0) is 24.8 Å². The quantitative estimate of drug-likeness (QED) is 0.773. The van der Waals surface area contributed by atoms with Gasteiger partial charge >= 0.3 is 0 Å². The van der Waals surface area contributed by atoms with E-state index in [-0.39, 0.29) is 5.82 Å². The molecule has 2 unspecified atom stereocenters. The molecule has 1 aliphatic carbocycles. The average molecular weight is 260 g/mol. The summed E-state index contributed by atoms with van der Waals surface area (Å²) in [7, 11) is 0. The van der Waals surface area contributed by atoms with E-state index in [0.29, 0.717) is 15.3 Å². The molecule has 1 nitrogen and oxygen atoms in total. The Labute approximate surface area is 105 Å². The molecule has 0 amide bonds. The summed E-state index contributed by atoms with van der Waals surface area (Å²) in [5.74, 6) is 0.456. The normalized spacial score (nSPS) is 25.7. The molecule has 0 spiro atoms. The van der Waals surface area contributed by atoms with Crippen LogP contribution in [0, 0.1) is 11.7 Å². The van der Waals surface area contributed by atoms with E-state index in [1.165, 1.54) is 31.5 Å². The summed E-state index contributed by atoms with van der Waals surface area (Å²) in [5.41, 5.74) is 0. The van der Waals surface area contributed by atoms with Crippen molar-refractivity contribution >= 4 is 23.4 Å². The Kier molecular flexibility index (Phi) is 4.09. The summed E-state index contributed by atoms with van der Waals surface area (Å²) in [5, 5.41) is 1.36. The van der Waals surface area contributed by atoms with E-state index >= 15 is 0 Å². The van der Waals surface area contributed by atoms with Crippen molar-refractivity contribution in [3.05, 3.63) is 23.1 Å². The van der Waals surface area contributed by atoms with E-state index in [1.54, 1.807) is 11.8 Å². The second kappa shape index (κ2) is 5.37. The van der Waals surface area contributed by atoms with Gasteiger partial charge in [0.25, 0.3) is 0 Å². The minimum atomic E-state index is -0.296. The van der Waals surface area contributed by atoms with Gasteiger partial charge in [-0.25, -0.2) is 9.37 Å². The summed E-state index contributed by atoms with van der Waals surface area (Å²) in [6, 6.07) is 1.34. The van der Waals surface area contributed by atoms with Crippen molar-refractivity contribution in [2.24, 2.45) is 5.92 Å². The zero-order chi connectivity index (χ0) is 11.5. The van der Waals surface area contributed by atoms with Crippen LogP contribution in [0.5, 0.6) is 0 Å². The molecule has 1 fully saturated rings. The second-order valence-corrected chi connectivity index (χ2v) is 6.18. The molecule has 0 aromatic carbocycles. The van der Waals surface area contributed by atoms with Crippen LogP contribution in [0.2, 0.25) is 5.02 Å². The predicted octanol–water partition coefficient (Wildman–Crippen LogP) is 4.54. The maximum atomic E-state index is 13.5. The van der Waals surface area contributed by atoms with Crippen molar-refractivity contribution in [1.82, 2.24) is 4.98 Å². The minimum Gasteiger partial charge on any atom is -0.245 e. The van der Waals surface area contributed by atoms with Crippen LogP contribution in [-0.4, -0.2) is 10.2 Å². The maximum Gasteiger partial charge on any atom is 0.156 e. The van der Waals surface area contributed by atoms with Crippen molar-refractivity contribution in [2.45, 2.75) is 42.9 Å². The number of pyridine rings is 1.